The first-order valence-corrected chi connectivity index (χ1v) is 6.81. The Morgan fingerprint density at radius 1 is 1.20 bits per heavy atom. The van der Waals surface area contributed by atoms with E-state index in [1.54, 1.807) is 0 Å². The highest BCUT2D eigenvalue weighted by molar-refractivity contribution is 9.10. The van der Waals surface area contributed by atoms with E-state index in [4.69, 9.17) is 5.73 Å². The molecule has 0 spiro atoms. The number of carbonyl (C=O) groups excluding carboxylic acids is 1. The van der Waals surface area contributed by atoms with Crippen molar-refractivity contribution in [2.24, 2.45) is 0 Å². The maximum Gasteiger partial charge on any atom is 0.258 e. The van der Waals surface area contributed by atoms with Crippen LogP contribution in [0.3, 0.4) is 0 Å². The molecule has 0 aliphatic rings. The van der Waals surface area contributed by atoms with E-state index in [-0.39, 0.29) is 5.56 Å². The monoisotopic (exact) mass is 336 g/mol. The number of anilines is 2. The van der Waals surface area contributed by atoms with Crippen molar-refractivity contribution in [3.8, 4) is 0 Å². The number of halogens is 2. The summed E-state index contributed by atoms with van der Waals surface area (Å²) in [5.41, 5.74) is 8.35. The van der Waals surface area contributed by atoms with Crippen LogP contribution in [-0.2, 0) is 0 Å². The third-order valence-corrected chi connectivity index (χ3v) is 3.43. The van der Waals surface area contributed by atoms with E-state index in [0.717, 1.165) is 15.6 Å². The molecule has 0 saturated carbocycles. The molecule has 0 aliphatic heterocycles. The number of amides is 1. The Balaban J connectivity index is 2.35. The number of carbonyl (C=O) groups is 1. The molecular formula is C15H14BrFN2O. The van der Waals surface area contributed by atoms with Crippen molar-refractivity contribution in [1.82, 2.24) is 0 Å². The largest absolute Gasteiger partial charge is 0.399 e. The fourth-order valence-corrected chi connectivity index (χ4v) is 2.69. The molecule has 3 nitrogen and oxygen atoms in total. The lowest BCUT2D eigenvalue weighted by Gasteiger charge is -2.13. The minimum absolute atomic E-state index is 0.0632. The van der Waals surface area contributed by atoms with Gasteiger partial charge in [-0.3, -0.25) is 4.79 Å². The SMILES string of the molecule is Cc1cc(Br)cc(C)c1NC(=O)c1cc(N)ccc1F. The third-order valence-electron chi connectivity index (χ3n) is 2.97. The zero-order valence-corrected chi connectivity index (χ0v) is 12.7. The Labute approximate surface area is 125 Å². The van der Waals surface area contributed by atoms with Gasteiger partial charge in [0.2, 0.25) is 0 Å². The number of nitrogens with one attached hydrogen (secondary N) is 1. The van der Waals surface area contributed by atoms with E-state index in [1.165, 1.54) is 18.2 Å². The van der Waals surface area contributed by atoms with Crippen LogP contribution in [0.4, 0.5) is 15.8 Å². The molecule has 0 atom stereocenters. The zero-order chi connectivity index (χ0) is 14.9. The van der Waals surface area contributed by atoms with Crippen LogP contribution in [0.2, 0.25) is 0 Å². The van der Waals surface area contributed by atoms with E-state index in [2.05, 4.69) is 21.2 Å². The fraction of sp³-hybridized carbons (Fsp3) is 0.133. The first-order chi connectivity index (χ1) is 9.38. The summed E-state index contributed by atoms with van der Waals surface area (Å²) in [5, 5.41) is 2.73. The second-order valence-electron chi connectivity index (χ2n) is 4.61. The first-order valence-electron chi connectivity index (χ1n) is 6.01. The third kappa shape index (κ3) is 2.99. The van der Waals surface area contributed by atoms with Gasteiger partial charge in [-0.1, -0.05) is 15.9 Å². The number of nitrogen functional groups attached to an aromatic ring is 1. The number of rotatable bonds is 2. The molecule has 3 N–H and O–H groups in total. The summed E-state index contributed by atoms with van der Waals surface area (Å²) < 4.78 is 14.6. The predicted molar refractivity (Wildman–Crippen MR) is 82.4 cm³/mol. The lowest BCUT2D eigenvalue weighted by molar-refractivity contribution is 0.102. The van der Waals surface area contributed by atoms with Crippen LogP contribution in [0.25, 0.3) is 0 Å². The van der Waals surface area contributed by atoms with Gasteiger partial charge in [-0.25, -0.2) is 4.39 Å². The Morgan fingerprint density at radius 2 is 1.80 bits per heavy atom. The van der Waals surface area contributed by atoms with Gasteiger partial charge in [0, 0.05) is 15.8 Å². The molecule has 1 amide bonds. The van der Waals surface area contributed by atoms with Gasteiger partial charge in [-0.15, -0.1) is 0 Å². The number of aryl methyl sites for hydroxylation is 2. The molecule has 0 heterocycles. The smallest absolute Gasteiger partial charge is 0.258 e. The molecule has 0 bridgehead atoms. The average Bonchev–Trinajstić information content (AvgIpc) is 2.36. The Hall–Kier alpha value is -1.88. The molecular weight excluding hydrogens is 323 g/mol. The summed E-state index contributed by atoms with van der Waals surface area (Å²) in [6.45, 7) is 3.76. The predicted octanol–water partition coefficient (Wildman–Crippen LogP) is 4.04. The molecule has 5 heteroatoms. The molecule has 104 valence electrons. The van der Waals surface area contributed by atoms with Crippen molar-refractivity contribution in [2.45, 2.75) is 13.8 Å². The summed E-state index contributed by atoms with van der Waals surface area (Å²) in [4.78, 5) is 12.2. The number of hydrogen-bond acceptors (Lipinski definition) is 2. The van der Waals surface area contributed by atoms with Crippen molar-refractivity contribution in [3.63, 3.8) is 0 Å². The van der Waals surface area contributed by atoms with E-state index < -0.39 is 11.7 Å². The molecule has 2 aromatic rings. The maximum absolute atomic E-state index is 13.7. The fourth-order valence-electron chi connectivity index (χ4n) is 2.01. The Morgan fingerprint density at radius 3 is 2.40 bits per heavy atom. The van der Waals surface area contributed by atoms with Crippen molar-refractivity contribution in [1.29, 1.82) is 0 Å². The zero-order valence-electron chi connectivity index (χ0n) is 11.1. The van der Waals surface area contributed by atoms with Gasteiger partial charge in [0.25, 0.3) is 5.91 Å². The minimum atomic E-state index is -0.593. The molecule has 0 aromatic heterocycles. The highest BCUT2D eigenvalue weighted by Gasteiger charge is 2.14. The van der Waals surface area contributed by atoms with E-state index >= 15 is 0 Å². The molecule has 0 radical (unpaired) electrons. The van der Waals surface area contributed by atoms with E-state index in [1.807, 2.05) is 26.0 Å². The Kier molecular flexibility index (Phi) is 4.09. The van der Waals surface area contributed by atoms with Crippen LogP contribution >= 0.6 is 15.9 Å². The highest BCUT2D eigenvalue weighted by atomic mass is 79.9. The van der Waals surface area contributed by atoms with Gasteiger partial charge in [0.05, 0.1) is 5.56 Å². The lowest BCUT2D eigenvalue weighted by Crippen LogP contribution is -2.15. The topological polar surface area (TPSA) is 55.1 Å². The Bertz CT molecular complexity index is 663. The number of hydrogen-bond donors (Lipinski definition) is 2. The molecule has 20 heavy (non-hydrogen) atoms. The average molecular weight is 337 g/mol. The number of benzene rings is 2. The maximum atomic E-state index is 13.7. The van der Waals surface area contributed by atoms with Crippen LogP contribution in [0.1, 0.15) is 21.5 Å². The molecule has 2 rings (SSSR count). The van der Waals surface area contributed by atoms with Crippen LogP contribution in [-0.4, -0.2) is 5.91 Å². The lowest BCUT2D eigenvalue weighted by atomic mass is 10.1. The van der Waals surface area contributed by atoms with Crippen LogP contribution < -0.4 is 11.1 Å². The molecule has 0 aliphatic carbocycles. The van der Waals surface area contributed by atoms with E-state index in [0.29, 0.717) is 11.4 Å². The van der Waals surface area contributed by atoms with Crippen molar-refractivity contribution in [3.05, 3.63) is 57.3 Å². The highest BCUT2D eigenvalue weighted by Crippen LogP contribution is 2.26. The van der Waals surface area contributed by atoms with Crippen LogP contribution in [0.5, 0.6) is 0 Å². The van der Waals surface area contributed by atoms with Crippen molar-refractivity contribution >= 4 is 33.2 Å². The molecule has 2 aromatic carbocycles. The molecule has 0 fully saturated rings. The second-order valence-corrected chi connectivity index (χ2v) is 5.52. The normalized spacial score (nSPS) is 10.4. The summed E-state index contributed by atoms with van der Waals surface area (Å²) in [7, 11) is 0. The van der Waals surface area contributed by atoms with Gasteiger partial charge in [0.1, 0.15) is 5.82 Å². The standard InChI is InChI=1S/C15H14BrFN2O/c1-8-5-10(16)6-9(2)14(8)19-15(20)12-7-11(18)3-4-13(12)17/h3-7H,18H2,1-2H3,(H,19,20). The van der Waals surface area contributed by atoms with Gasteiger partial charge < -0.3 is 11.1 Å². The van der Waals surface area contributed by atoms with Gasteiger partial charge in [-0.05, 0) is 55.3 Å². The minimum Gasteiger partial charge on any atom is -0.399 e. The number of nitrogens with two attached hydrogens (primary N) is 1. The summed E-state index contributed by atoms with van der Waals surface area (Å²) >= 11 is 3.39. The second kappa shape index (κ2) is 5.63. The summed E-state index contributed by atoms with van der Waals surface area (Å²) in [6, 6.07) is 7.71. The van der Waals surface area contributed by atoms with Crippen molar-refractivity contribution in [2.75, 3.05) is 11.1 Å². The summed E-state index contributed by atoms with van der Waals surface area (Å²) in [6.07, 6.45) is 0. The summed E-state index contributed by atoms with van der Waals surface area (Å²) in [5.74, 6) is -1.10. The van der Waals surface area contributed by atoms with Crippen molar-refractivity contribution < 1.29 is 9.18 Å². The first kappa shape index (κ1) is 14.5. The van der Waals surface area contributed by atoms with Gasteiger partial charge in [0.15, 0.2) is 0 Å². The molecule has 0 saturated heterocycles. The van der Waals surface area contributed by atoms with Gasteiger partial charge in [-0.2, -0.15) is 0 Å². The van der Waals surface area contributed by atoms with E-state index in [9.17, 15) is 9.18 Å². The van der Waals surface area contributed by atoms with Crippen LogP contribution in [0, 0.1) is 19.7 Å². The quantitative estimate of drug-likeness (QED) is 0.813. The molecule has 0 unspecified atom stereocenters. The van der Waals surface area contributed by atoms with Crippen LogP contribution in [0.15, 0.2) is 34.8 Å². The van der Waals surface area contributed by atoms with Gasteiger partial charge >= 0.3 is 0 Å².